The maximum absolute atomic E-state index is 12.9. The number of nitriles is 1. The van der Waals surface area contributed by atoms with Gasteiger partial charge in [-0.25, -0.2) is 14.5 Å². The summed E-state index contributed by atoms with van der Waals surface area (Å²) in [4.78, 5) is 25.3. The average Bonchev–Trinajstić information content (AvgIpc) is 3.03. The van der Waals surface area contributed by atoms with Gasteiger partial charge in [0.2, 0.25) is 0 Å². The van der Waals surface area contributed by atoms with E-state index in [9.17, 15) is 4.79 Å². The van der Waals surface area contributed by atoms with Crippen LogP contribution >= 0.6 is 11.6 Å². The summed E-state index contributed by atoms with van der Waals surface area (Å²) in [6, 6.07) is 5.62. The molecule has 1 aliphatic heterocycles. The van der Waals surface area contributed by atoms with Gasteiger partial charge in [-0.05, 0) is 24.6 Å². The Balaban J connectivity index is 1.48. The van der Waals surface area contributed by atoms with Gasteiger partial charge in [-0.2, -0.15) is 10.4 Å². The topological polar surface area (TPSA) is 90.4 Å². The monoisotopic (exact) mass is 381 g/mol. The molecule has 1 amide bonds. The zero-order chi connectivity index (χ0) is 19.0. The van der Waals surface area contributed by atoms with Crippen molar-refractivity contribution in [3.05, 3.63) is 52.6 Å². The SMILES string of the molecule is Cc1cnc2c(Cl)c(C(=O)N3CCN(c4ccc(C#N)cn4)CC3)nn2c1. The largest absolute Gasteiger partial charge is 0.353 e. The first-order chi connectivity index (χ1) is 13.1. The minimum Gasteiger partial charge on any atom is -0.353 e. The second-order valence-electron chi connectivity index (χ2n) is 6.36. The number of amides is 1. The van der Waals surface area contributed by atoms with Crippen LogP contribution in [0.1, 0.15) is 21.6 Å². The normalized spacial score (nSPS) is 14.4. The number of anilines is 1. The molecule has 27 heavy (non-hydrogen) atoms. The predicted octanol–water partition coefficient (Wildman–Crippen LogP) is 1.92. The van der Waals surface area contributed by atoms with E-state index in [0.29, 0.717) is 37.4 Å². The summed E-state index contributed by atoms with van der Waals surface area (Å²) in [6.07, 6.45) is 5.04. The van der Waals surface area contributed by atoms with E-state index < -0.39 is 0 Å². The van der Waals surface area contributed by atoms with Crippen molar-refractivity contribution in [1.82, 2.24) is 24.5 Å². The lowest BCUT2D eigenvalue weighted by atomic mass is 10.2. The van der Waals surface area contributed by atoms with Gasteiger partial charge in [0.15, 0.2) is 11.3 Å². The number of aromatic nitrogens is 4. The molecule has 3 aromatic rings. The number of rotatable bonds is 2. The molecule has 4 rings (SSSR count). The second-order valence-corrected chi connectivity index (χ2v) is 6.74. The van der Waals surface area contributed by atoms with Crippen molar-refractivity contribution in [1.29, 1.82) is 5.26 Å². The lowest BCUT2D eigenvalue weighted by Gasteiger charge is -2.35. The Labute approximate surface area is 160 Å². The lowest BCUT2D eigenvalue weighted by molar-refractivity contribution is 0.0740. The quantitative estimate of drug-likeness (QED) is 0.673. The molecule has 0 radical (unpaired) electrons. The third-order valence-electron chi connectivity index (χ3n) is 4.52. The van der Waals surface area contributed by atoms with Gasteiger partial charge >= 0.3 is 0 Å². The van der Waals surface area contributed by atoms with Crippen LogP contribution in [0, 0.1) is 18.3 Å². The number of hydrogen-bond acceptors (Lipinski definition) is 6. The van der Waals surface area contributed by atoms with E-state index in [1.54, 1.807) is 34.1 Å². The van der Waals surface area contributed by atoms with Crippen LogP contribution in [0.3, 0.4) is 0 Å². The highest BCUT2D eigenvalue weighted by Gasteiger charge is 2.27. The van der Waals surface area contributed by atoms with Crippen LogP contribution in [0.2, 0.25) is 5.02 Å². The molecular weight excluding hydrogens is 366 g/mol. The lowest BCUT2D eigenvalue weighted by Crippen LogP contribution is -2.49. The number of carbonyl (C=O) groups excluding carboxylic acids is 1. The molecule has 0 saturated carbocycles. The molecule has 0 N–H and O–H groups in total. The Morgan fingerprint density at radius 2 is 1.96 bits per heavy atom. The fraction of sp³-hybridized carbons (Fsp3) is 0.278. The molecule has 4 heterocycles. The van der Waals surface area contributed by atoms with Crippen LogP contribution in [-0.4, -0.2) is 56.6 Å². The van der Waals surface area contributed by atoms with E-state index in [-0.39, 0.29) is 16.6 Å². The van der Waals surface area contributed by atoms with Crippen molar-refractivity contribution in [2.45, 2.75) is 6.92 Å². The molecule has 1 saturated heterocycles. The zero-order valence-electron chi connectivity index (χ0n) is 14.6. The molecule has 8 nitrogen and oxygen atoms in total. The molecule has 1 aliphatic rings. The molecule has 0 spiro atoms. The Morgan fingerprint density at radius 3 is 2.63 bits per heavy atom. The maximum atomic E-state index is 12.9. The smallest absolute Gasteiger partial charge is 0.276 e. The molecular formula is C18H16ClN7O. The second kappa shape index (κ2) is 6.85. The standard InChI is InChI=1S/C18H16ClN7O/c1-12-9-22-17-15(19)16(23-26(17)11-12)18(27)25-6-4-24(5-7-25)14-3-2-13(8-20)10-21-14/h2-3,9-11H,4-7H2,1H3. The van der Waals surface area contributed by atoms with E-state index >= 15 is 0 Å². The Morgan fingerprint density at radius 1 is 1.19 bits per heavy atom. The van der Waals surface area contributed by atoms with E-state index in [1.807, 2.05) is 13.0 Å². The van der Waals surface area contributed by atoms with Crippen molar-refractivity contribution in [2.75, 3.05) is 31.1 Å². The third kappa shape index (κ3) is 3.17. The van der Waals surface area contributed by atoms with Gasteiger partial charge in [0, 0.05) is 44.8 Å². The van der Waals surface area contributed by atoms with E-state index in [1.165, 1.54) is 0 Å². The molecule has 0 unspecified atom stereocenters. The van der Waals surface area contributed by atoms with Gasteiger partial charge in [-0.15, -0.1) is 0 Å². The summed E-state index contributed by atoms with van der Waals surface area (Å²) in [5.41, 5.74) is 2.16. The number of aryl methyl sites for hydroxylation is 1. The fourth-order valence-corrected chi connectivity index (χ4v) is 3.32. The van der Waals surface area contributed by atoms with Gasteiger partial charge < -0.3 is 9.80 Å². The molecule has 0 aliphatic carbocycles. The Kier molecular flexibility index (Phi) is 4.38. The first-order valence-electron chi connectivity index (χ1n) is 8.47. The summed E-state index contributed by atoms with van der Waals surface area (Å²) >= 11 is 6.34. The molecule has 136 valence electrons. The third-order valence-corrected chi connectivity index (χ3v) is 4.86. The summed E-state index contributed by atoms with van der Waals surface area (Å²) in [5.74, 6) is 0.599. The van der Waals surface area contributed by atoms with Crippen molar-refractivity contribution in [3.8, 4) is 6.07 Å². The van der Waals surface area contributed by atoms with Crippen LogP contribution in [0.5, 0.6) is 0 Å². The van der Waals surface area contributed by atoms with Crippen LogP contribution in [0.15, 0.2) is 30.7 Å². The van der Waals surface area contributed by atoms with Gasteiger partial charge in [0.05, 0.1) is 5.56 Å². The number of nitrogens with zero attached hydrogens (tertiary/aromatic N) is 7. The van der Waals surface area contributed by atoms with Gasteiger partial charge in [0.1, 0.15) is 16.9 Å². The average molecular weight is 382 g/mol. The van der Waals surface area contributed by atoms with Crippen molar-refractivity contribution in [2.24, 2.45) is 0 Å². The number of halogens is 1. The molecule has 0 atom stereocenters. The van der Waals surface area contributed by atoms with Crippen LogP contribution < -0.4 is 4.90 Å². The Hall–Kier alpha value is -3.18. The van der Waals surface area contributed by atoms with Crippen LogP contribution in [0.25, 0.3) is 5.65 Å². The van der Waals surface area contributed by atoms with Crippen molar-refractivity contribution >= 4 is 29.0 Å². The summed E-state index contributed by atoms with van der Waals surface area (Å²) in [5, 5.41) is 13.5. The van der Waals surface area contributed by atoms with Crippen molar-refractivity contribution in [3.63, 3.8) is 0 Å². The minimum absolute atomic E-state index is 0.199. The number of hydrogen-bond donors (Lipinski definition) is 0. The summed E-state index contributed by atoms with van der Waals surface area (Å²) in [7, 11) is 0. The van der Waals surface area contributed by atoms with Gasteiger partial charge in [0.25, 0.3) is 5.91 Å². The zero-order valence-corrected chi connectivity index (χ0v) is 15.4. The Bertz CT molecular complexity index is 1050. The van der Waals surface area contributed by atoms with Crippen molar-refractivity contribution < 1.29 is 4.79 Å². The van der Waals surface area contributed by atoms with E-state index in [2.05, 4.69) is 26.0 Å². The van der Waals surface area contributed by atoms with Gasteiger partial charge in [-0.1, -0.05) is 11.6 Å². The molecule has 0 bridgehead atoms. The highest BCUT2D eigenvalue weighted by atomic mass is 35.5. The van der Waals surface area contributed by atoms with Crippen LogP contribution in [-0.2, 0) is 0 Å². The highest BCUT2D eigenvalue weighted by molar-refractivity contribution is 6.36. The molecule has 0 aromatic carbocycles. The molecule has 1 fully saturated rings. The fourth-order valence-electron chi connectivity index (χ4n) is 3.06. The maximum Gasteiger partial charge on any atom is 0.276 e. The molecule has 3 aromatic heterocycles. The number of carbonyl (C=O) groups is 1. The first kappa shape index (κ1) is 17.2. The number of piperazine rings is 1. The van der Waals surface area contributed by atoms with E-state index in [0.717, 1.165) is 11.4 Å². The molecule has 9 heteroatoms. The van der Waals surface area contributed by atoms with Gasteiger partial charge in [-0.3, -0.25) is 4.79 Å². The highest BCUT2D eigenvalue weighted by Crippen LogP contribution is 2.23. The summed E-state index contributed by atoms with van der Waals surface area (Å²) in [6.45, 7) is 4.27. The van der Waals surface area contributed by atoms with Crippen LogP contribution in [0.4, 0.5) is 5.82 Å². The number of fused-ring (bicyclic) bond motifs is 1. The minimum atomic E-state index is -0.199. The summed E-state index contributed by atoms with van der Waals surface area (Å²) < 4.78 is 1.54. The predicted molar refractivity (Wildman–Crippen MR) is 99.8 cm³/mol. The number of pyridine rings is 1. The first-order valence-corrected chi connectivity index (χ1v) is 8.85. The van der Waals surface area contributed by atoms with E-state index in [4.69, 9.17) is 16.9 Å².